The Morgan fingerprint density at radius 3 is 2.05 bits per heavy atom. The molecule has 2 heteroatoms. The van der Waals surface area contributed by atoms with Gasteiger partial charge in [0.25, 0.3) is 0 Å². The lowest BCUT2D eigenvalue weighted by atomic mass is 9.91. The van der Waals surface area contributed by atoms with Crippen LogP contribution in [0.3, 0.4) is 0 Å². The Balaban J connectivity index is 1.44. The van der Waals surface area contributed by atoms with Gasteiger partial charge in [0.1, 0.15) is 5.01 Å². The van der Waals surface area contributed by atoms with Crippen LogP contribution in [0.1, 0.15) is 0 Å². The van der Waals surface area contributed by atoms with E-state index >= 15 is 0 Å². The van der Waals surface area contributed by atoms with E-state index in [2.05, 4.69) is 127 Å². The number of benzene rings is 7. The van der Waals surface area contributed by atoms with Crippen LogP contribution in [0.2, 0.25) is 0 Å². The topological polar surface area (TPSA) is 12.9 Å². The van der Waals surface area contributed by atoms with Gasteiger partial charge in [0.2, 0.25) is 0 Å². The summed E-state index contributed by atoms with van der Waals surface area (Å²) in [5.41, 5.74) is 4.74. The van der Waals surface area contributed by atoms with Crippen molar-refractivity contribution >= 4 is 64.6 Å². The number of aromatic nitrogens is 1. The van der Waals surface area contributed by atoms with Gasteiger partial charge in [-0.3, -0.25) is 0 Å². The zero-order chi connectivity index (χ0) is 24.3. The van der Waals surface area contributed by atoms with E-state index in [1.807, 2.05) is 0 Å². The normalized spacial score (nSPS) is 11.8. The lowest BCUT2D eigenvalue weighted by Gasteiger charge is -2.13. The maximum atomic E-state index is 5.01. The summed E-state index contributed by atoms with van der Waals surface area (Å²) >= 11 is 1.79. The van der Waals surface area contributed by atoms with Gasteiger partial charge in [-0.05, 0) is 67.0 Å². The first kappa shape index (κ1) is 20.6. The number of thiazole rings is 1. The van der Waals surface area contributed by atoms with Crippen LogP contribution in [0.5, 0.6) is 0 Å². The van der Waals surface area contributed by atoms with Crippen LogP contribution < -0.4 is 0 Å². The fraction of sp³-hybridized carbons (Fsp3) is 0. The molecule has 1 aromatic heterocycles. The van der Waals surface area contributed by atoms with Gasteiger partial charge in [-0.15, -0.1) is 11.3 Å². The predicted octanol–water partition coefficient (Wildman–Crippen LogP) is 10.2. The standard InChI is InChI=1S/C35H21NS/c1-2-8-24(9-3-1)35-36-32-19-18-23-16-14-22-15-17-26(21-31(22)33(23)34(32)37-35)30-20-25-10-4-5-11-27(25)28-12-6-7-13-29(28)30/h1-21H. The summed E-state index contributed by atoms with van der Waals surface area (Å²) in [5, 5.41) is 11.3. The summed E-state index contributed by atoms with van der Waals surface area (Å²) < 4.78 is 1.25. The molecule has 1 nitrogen and oxygen atoms in total. The van der Waals surface area contributed by atoms with Crippen molar-refractivity contribution in [3.63, 3.8) is 0 Å². The van der Waals surface area contributed by atoms with E-state index in [0.29, 0.717) is 0 Å². The largest absolute Gasteiger partial charge is 0.236 e. The monoisotopic (exact) mass is 487 g/mol. The van der Waals surface area contributed by atoms with Crippen LogP contribution in [0.4, 0.5) is 0 Å². The van der Waals surface area contributed by atoms with Crippen molar-refractivity contribution in [3.8, 4) is 21.7 Å². The molecule has 7 aromatic carbocycles. The van der Waals surface area contributed by atoms with Gasteiger partial charge in [0.15, 0.2) is 0 Å². The Kier molecular flexibility index (Phi) is 4.46. The van der Waals surface area contributed by atoms with Crippen LogP contribution in [0.15, 0.2) is 127 Å². The third kappa shape index (κ3) is 3.20. The Hall–Kier alpha value is -4.53. The molecule has 0 fully saturated rings. The summed E-state index contributed by atoms with van der Waals surface area (Å²) in [5.74, 6) is 0. The Labute approximate surface area is 218 Å². The van der Waals surface area contributed by atoms with Gasteiger partial charge >= 0.3 is 0 Å². The Bertz CT molecular complexity index is 2140. The number of rotatable bonds is 2. The van der Waals surface area contributed by atoms with Crippen molar-refractivity contribution in [2.45, 2.75) is 0 Å². The quantitative estimate of drug-likeness (QED) is 0.221. The van der Waals surface area contributed by atoms with Crippen molar-refractivity contribution in [2.24, 2.45) is 0 Å². The lowest BCUT2D eigenvalue weighted by Crippen LogP contribution is -1.86. The van der Waals surface area contributed by atoms with E-state index in [1.165, 1.54) is 64.5 Å². The molecule has 1 heterocycles. The fourth-order valence-corrected chi connectivity index (χ4v) is 6.83. The molecule has 172 valence electrons. The van der Waals surface area contributed by atoms with E-state index in [-0.39, 0.29) is 0 Å². The average Bonchev–Trinajstić information content (AvgIpc) is 3.41. The van der Waals surface area contributed by atoms with E-state index < -0.39 is 0 Å². The first-order valence-corrected chi connectivity index (χ1v) is 13.4. The highest BCUT2D eigenvalue weighted by Crippen LogP contribution is 2.41. The number of fused-ring (bicyclic) bond motifs is 8. The second-order valence-electron chi connectivity index (χ2n) is 9.59. The minimum Gasteiger partial charge on any atom is -0.236 e. The zero-order valence-electron chi connectivity index (χ0n) is 20.0. The van der Waals surface area contributed by atoms with Crippen molar-refractivity contribution in [1.29, 1.82) is 0 Å². The zero-order valence-corrected chi connectivity index (χ0v) is 20.8. The van der Waals surface area contributed by atoms with E-state index in [0.717, 1.165) is 10.5 Å². The first-order valence-electron chi connectivity index (χ1n) is 12.6. The van der Waals surface area contributed by atoms with Gasteiger partial charge in [-0.2, -0.15) is 0 Å². The van der Waals surface area contributed by atoms with Gasteiger partial charge in [0.05, 0.1) is 10.2 Å². The minimum absolute atomic E-state index is 1.06. The van der Waals surface area contributed by atoms with Gasteiger partial charge in [0, 0.05) is 10.9 Å². The van der Waals surface area contributed by atoms with Crippen molar-refractivity contribution in [3.05, 3.63) is 127 Å². The van der Waals surface area contributed by atoms with E-state index in [4.69, 9.17) is 4.98 Å². The molecule has 0 saturated heterocycles. The highest BCUT2D eigenvalue weighted by atomic mass is 32.1. The fourth-order valence-electron chi connectivity index (χ4n) is 5.69. The van der Waals surface area contributed by atoms with Crippen molar-refractivity contribution in [1.82, 2.24) is 4.98 Å². The Morgan fingerprint density at radius 1 is 0.459 bits per heavy atom. The van der Waals surface area contributed by atoms with Crippen LogP contribution in [-0.4, -0.2) is 4.98 Å². The predicted molar refractivity (Wildman–Crippen MR) is 161 cm³/mol. The maximum Gasteiger partial charge on any atom is 0.124 e. The SMILES string of the molecule is c1ccc(-c2nc3ccc4ccc5ccc(-c6cc7ccccc7c7ccccc67)cc5c4c3s2)cc1. The summed E-state index contributed by atoms with van der Waals surface area (Å²) in [6, 6.07) is 46.1. The summed E-state index contributed by atoms with van der Waals surface area (Å²) in [4.78, 5) is 5.01. The van der Waals surface area contributed by atoms with Gasteiger partial charge in [-0.1, -0.05) is 109 Å². The van der Waals surface area contributed by atoms with Crippen molar-refractivity contribution in [2.75, 3.05) is 0 Å². The maximum absolute atomic E-state index is 5.01. The minimum atomic E-state index is 1.06. The molecule has 0 N–H and O–H groups in total. The summed E-state index contributed by atoms with van der Waals surface area (Å²) in [6.45, 7) is 0. The molecule has 0 atom stereocenters. The molecular formula is C35H21NS. The number of hydrogen-bond donors (Lipinski definition) is 0. The molecule has 0 aliphatic carbocycles. The molecule has 0 amide bonds. The third-order valence-electron chi connectivity index (χ3n) is 7.45. The van der Waals surface area contributed by atoms with Crippen LogP contribution in [-0.2, 0) is 0 Å². The number of hydrogen-bond acceptors (Lipinski definition) is 2. The third-order valence-corrected chi connectivity index (χ3v) is 8.59. The number of nitrogens with zero attached hydrogens (tertiary/aromatic N) is 1. The molecule has 8 aromatic rings. The smallest absolute Gasteiger partial charge is 0.124 e. The second kappa shape index (κ2) is 7.99. The molecule has 37 heavy (non-hydrogen) atoms. The summed E-state index contributed by atoms with van der Waals surface area (Å²) in [6.07, 6.45) is 0. The van der Waals surface area contributed by atoms with E-state index in [1.54, 1.807) is 11.3 Å². The molecule has 0 aliphatic rings. The molecule has 0 radical (unpaired) electrons. The van der Waals surface area contributed by atoms with Crippen LogP contribution in [0.25, 0.3) is 75.0 Å². The first-order chi connectivity index (χ1) is 18.3. The second-order valence-corrected chi connectivity index (χ2v) is 10.6. The van der Waals surface area contributed by atoms with Crippen molar-refractivity contribution < 1.29 is 0 Å². The molecule has 0 bridgehead atoms. The molecule has 0 aliphatic heterocycles. The molecule has 8 rings (SSSR count). The highest BCUT2D eigenvalue weighted by Gasteiger charge is 2.14. The molecular weight excluding hydrogens is 466 g/mol. The van der Waals surface area contributed by atoms with Crippen LogP contribution in [0, 0.1) is 0 Å². The van der Waals surface area contributed by atoms with E-state index in [9.17, 15) is 0 Å². The summed E-state index contributed by atoms with van der Waals surface area (Å²) in [7, 11) is 0. The van der Waals surface area contributed by atoms with Gasteiger partial charge in [-0.25, -0.2) is 4.98 Å². The molecule has 0 unspecified atom stereocenters. The average molecular weight is 488 g/mol. The molecule has 0 spiro atoms. The highest BCUT2D eigenvalue weighted by molar-refractivity contribution is 7.22. The molecule has 0 saturated carbocycles. The van der Waals surface area contributed by atoms with Crippen LogP contribution >= 0.6 is 11.3 Å². The Morgan fingerprint density at radius 2 is 1.16 bits per heavy atom. The van der Waals surface area contributed by atoms with Gasteiger partial charge < -0.3 is 0 Å². The lowest BCUT2D eigenvalue weighted by molar-refractivity contribution is 1.48.